The van der Waals surface area contributed by atoms with Gasteiger partial charge in [-0.15, -0.1) is 5.10 Å². The van der Waals surface area contributed by atoms with Crippen LogP contribution >= 0.6 is 23.2 Å². The van der Waals surface area contributed by atoms with Crippen molar-refractivity contribution in [1.82, 2.24) is 29.9 Å². The topological polar surface area (TPSA) is 89.3 Å². The van der Waals surface area contributed by atoms with Gasteiger partial charge in [0.05, 0.1) is 23.4 Å². The van der Waals surface area contributed by atoms with Crippen molar-refractivity contribution >= 4 is 46.1 Å². The fourth-order valence-electron chi connectivity index (χ4n) is 3.82. The smallest absolute Gasteiger partial charge is 0.255 e. The molecule has 0 spiro atoms. The monoisotopic (exact) mass is 483 g/mol. The van der Waals surface area contributed by atoms with E-state index in [4.69, 9.17) is 27.9 Å². The average Bonchev–Trinajstić information content (AvgIpc) is 3.28. The summed E-state index contributed by atoms with van der Waals surface area (Å²) in [7, 11) is 1.62. The summed E-state index contributed by atoms with van der Waals surface area (Å²) < 4.78 is 6.89. The van der Waals surface area contributed by atoms with Crippen LogP contribution in [-0.2, 0) is 0 Å². The second-order valence-corrected chi connectivity index (χ2v) is 8.32. The Labute approximate surface area is 199 Å². The predicted molar refractivity (Wildman–Crippen MR) is 126 cm³/mol. The van der Waals surface area contributed by atoms with E-state index in [1.807, 2.05) is 24.3 Å². The van der Waals surface area contributed by atoms with Crippen molar-refractivity contribution in [2.24, 2.45) is 0 Å². The van der Waals surface area contributed by atoms with Crippen LogP contribution in [0, 0.1) is 0 Å². The van der Waals surface area contributed by atoms with Crippen LogP contribution in [0.2, 0.25) is 10.0 Å². The zero-order valence-electron chi connectivity index (χ0n) is 17.7. The van der Waals surface area contributed by atoms with E-state index < -0.39 is 0 Å². The number of fused-ring (bicyclic) bond motifs is 1. The number of amides is 1. The minimum Gasteiger partial charge on any atom is -0.497 e. The zero-order valence-corrected chi connectivity index (χ0v) is 19.2. The highest BCUT2D eigenvalue weighted by atomic mass is 35.5. The molecule has 3 heterocycles. The summed E-state index contributed by atoms with van der Waals surface area (Å²) in [5.74, 6) is 1.33. The van der Waals surface area contributed by atoms with Crippen LogP contribution in [0.1, 0.15) is 10.4 Å². The number of anilines is 1. The van der Waals surface area contributed by atoms with E-state index in [0.717, 1.165) is 11.4 Å². The Morgan fingerprint density at radius 2 is 1.76 bits per heavy atom. The lowest BCUT2D eigenvalue weighted by molar-refractivity contribution is 0.0747. The third kappa shape index (κ3) is 4.05. The number of piperazine rings is 1. The lowest BCUT2D eigenvalue weighted by Gasteiger charge is -2.35. The van der Waals surface area contributed by atoms with Gasteiger partial charge in [0.1, 0.15) is 12.1 Å². The molecule has 4 aromatic rings. The number of rotatable bonds is 4. The number of hydrogen-bond acceptors (Lipinski definition) is 7. The summed E-state index contributed by atoms with van der Waals surface area (Å²) in [4.78, 5) is 25.6. The summed E-state index contributed by atoms with van der Waals surface area (Å²) in [6, 6.07) is 12.4. The molecule has 0 radical (unpaired) electrons. The minimum absolute atomic E-state index is 0.116. The normalized spacial score (nSPS) is 14.0. The molecule has 33 heavy (non-hydrogen) atoms. The van der Waals surface area contributed by atoms with Crippen LogP contribution in [0.3, 0.4) is 0 Å². The number of aromatic nitrogens is 5. The molecule has 0 saturated carbocycles. The van der Waals surface area contributed by atoms with Gasteiger partial charge in [0, 0.05) is 31.2 Å². The van der Waals surface area contributed by atoms with Crippen molar-refractivity contribution in [3.05, 3.63) is 64.4 Å². The molecular formula is C22H19Cl2N7O2. The molecule has 0 N–H and O–H groups in total. The molecule has 0 unspecified atom stereocenters. The summed E-state index contributed by atoms with van der Waals surface area (Å²) in [5.41, 5.74) is 2.48. The number of benzene rings is 2. The van der Waals surface area contributed by atoms with E-state index in [-0.39, 0.29) is 5.91 Å². The Hall–Kier alpha value is -3.43. The third-order valence-electron chi connectivity index (χ3n) is 5.56. The quantitative estimate of drug-likeness (QED) is 0.438. The average molecular weight is 484 g/mol. The van der Waals surface area contributed by atoms with Crippen LogP contribution in [-0.4, -0.2) is 69.1 Å². The van der Waals surface area contributed by atoms with E-state index >= 15 is 0 Å². The van der Waals surface area contributed by atoms with Crippen LogP contribution in [0.5, 0.6) is 5.75 Å². The molecule has 0 aliphatic carbocycles. The fraction of sp³-hybridized carbons (Fsp3) is 0.227. The van der Waals surface area contributed by atoms with Crippen LogP contribution in [0.15, 0.2) is 48.8 Å². The zero-order chi connectivity index (χ0) is 22.9. The number of ether oxygens (including phenoxy) is 1. The molecule has 1 aliphatic rings. The van der Waals surface area contributed by atoms with Crippen LogP contribution in [0.25, 0.3) is 16.9 Å². The molecular weight excluding hydrogens is 465 g/mol. The number of halogens is 2. The maximum atomic E-state index is 12.9. The number of carbonyl (C=O) groups excluding carboxylic acids is 1. The van der Waals surface area contributed by atoms with Gasteiger partial charge in [-0.1, -0.05) is 28.4 Å². The standard InChI is InChI=1S/C22H19Cl2N7O2/c1-33-16-5-3-15(4-6-16)31-21-19(27-28-31)20(25-13-26-21)29-8-10-30(11-9-29)22(32)17-7-2-14(23)12-18(17)24/h2-7,12-13H,8-11H2,1H3. The first-order valence-electron chi connectivity index (χ1n) is 10.3. The van der Waals surface area contributed by atoms with E-state index in [1.165, 1.54) is 6.33 Å². The molecule has 1 saturated heterocycles. The number of nitrogens with zero attached hydrogens (tertiary/aromatic N) is 7. The molecule has 0 atom stereocenters. The molecule has 2 aromatic heterocycles. The maximum absolute atomic E-state index is 12.9. The van der Waals surface area contributed by atoms with Gasteiger partial charge in [-0.2, -0.15) is 4.68 Å². The lowest BCUT2D eigenvalue weighted by atomic mass is 10.1. The first kappa shape index (κ1) is 21.4. The van der Waals surface area contributed by atoms with E-state index in [1.54, 1.807) is 34.9 Å². The summed E-state index contributed by atoms with van der Waals surface area (Å²) in [6.07, 6.45) is 1.51. The number of hydrogen-bond donors (Lipinski definition) is 0. The Bertz CT molecular complexity index is 1320. The summed E-state index contributed by atoms with van der Waals surface area (Å²) in [6.45, 7) is 2.24. The molecule has 11 heteroatoms. The number of methoxy groups -OCH3 is 1. The molecule has 2 aromatic carbocycles. The summed E-state index contributed by atoms with van der Waals surface area (Å²) in [5, 5.41) is 9.47. The van der Waals surface area contributed by atoms with Crippen molar-refractivity contribution in [3.8, 4) is 11.4 Å². The molecule has 9 nitrogen and oxygen atoms in total. The van der Waals surface area contributed by atoms with Gasteiger partial charge < -0.3 is 14.5 Å². The minimum atomic E-state index is -0.116. The molecule has 1 aliphatic heterocycles. The van der Waals surface area contributed by atoms with Gasteiger partial charge in [0.15, 0.2) is 17.0 Å². The van der Waals surface area contributed by atoms with Gasteiger partial charge >= 0.3 is 0 Å². The largest absolute Gasteiger partial charge is 0.497 e. The van der Waals surface area contributed by atoms with Crippen molar-refractivity contribution in [3.63, 3.8) is 0 Å². The Morgan fingerprint density at radius 1 is 1.00 bits per heavy atom. The van der Waals surface area contributed by atoms with Crippen molar-refractivity contribution in [1.29, 1.82) is 0 Å². The third-order valence-corrected chi connectivity index (χ3v) is 6.11. The first-order valence-corrected chi connectivity index (χ1v) is 11.0. The van der Waals surface area contributed by atoms with E-state index in [0.29, 0.717) is 58.8 Å². The molecule has 0 bridgehead atoms. The van der Waals surface area contributed by atoms with Crippen molar-refractivity contribution in [2.75, 3.05) is 38.2 Å². The Kier molecular flexibility index (Phi) is 5.74. The molecule has 5 rings (SSSR count). The highest BCUT2D eigenvalue weighted by molar-refractivity contribution is 6.36. The molecule has 1 fully saturated rings. The second-order valence-electron chi connectivity index (χ2n) is 7.47. The summed E-state index contributed by atoms with van der Waals surface area (Å²) >= 11 is 12.2. The van der Waals surface area contributed by atoms with E-state index in [9.17, 15) is 4.79 Å². The van der Waals surface area contributed by atoms with Gasteiger partial charge in [-0.05, 0) is 42.5 Å². The maximum Gasteiger partial charge on any atom is 0.255 e. The second kappa shape index (κ2) is 8.84. The van der Waals surface area contributed by atoms with Crippen LogP contribution in [0.4, 0.5) is 5.82 Å². The first-order chi connectivity index (χ1) is 16.0. The highest BCUT2D eigenvalue weighted by Gasteiger charge is 2.26. The highest BCUT2D eigenvalue weighted by Crippen LogP contribution is 2.26. The van der Waals surface area contributed by atoms with Crippen LogP contribution < -0.4 is 9.64 Å². The van der Waals surface area contributed by atoms with Crippen molar-refractivity contribution in [2.45, 2.75) is 0 Å². The van der Waals surface area contributed by atoms with Gasteiger partial charge in [0.25, 0.3) is 5.91 Å². The van der Waals surface area contributed by atoms with Gasteiger partial charge in [-0.25, -0.2) is 9.97 Å². The lowest BCUT2D eigenvalue weighted by Crippen LogP contribution is -2.49. The predicted octanol–water partition coefficient (Wildman–Crippen LogP) is 3.49. The fourth-order valence-corrected chi connectivity index (χ4v) is 4.31. The molecule has 1 amide bonds. The molecule has 168 valence electrons. The van der Waals surface area contributed by atoms with Crippen molar-refractivity contribution < 1.29 is 9.53 Å². The Morgan fingerprint density at radius 3 is 2.45 bits per heavy atom. The Balaban J connectivity index is 1.35. The van der Waals surface area contributed by atoms with Gasteiger partial charge in [-0.3, -0.25) is 4.79 Å². The van der Waals surface area contributed by atoms with Gasteiger partial charge in [0.2, 0.25) is 0 Å². The van der Waals surface area contributed by atoms with E-state index in [2.05, 4.69) is 25.2 Å². The number of carbonyl (C=O) groups is 1. The SMILES string of the molecule is COc1ccc(-n2nnc3c(N4CCN(C(=O)c5ccc(Cl)cc5Cl)CC4)ncnc32)cc1.